The van der Waals surface area contributed by atoms with Crippen LogP contribution in [-0.2, 0) is 9.59 Å². The number of guanidine groups is 1. The highest BCUT2D eigenvalue weighted by Gasteiger charge is 2.26. The summed E-state index contributed by atoms with van der Waals surface area (Å²) in [4.78, 5) is 30.0. The van der Waals surface area contributed by atoms with Gasteiger partial charge in [0.25, 0.3) is 0 Å². The summed E-state index contributed by atoms with van der Waals surface area (Å²) in [5, 5.41) is 9.30. The van der Waals surface area contributed by atoms with Gasteiger partial charge in [0.15, 0.2) is 5.96 Å². The van der Waals surface area contributed by atoms with Gasteiger partial charge in [-0.25, -0.2) is 0 Å². The highest BCUT2D eigenvalue weighted by molar-refractivity contribution is 14.0. The maximum Gasteiger partial charge on any atom is 0.227 e. The molecule has 146 valence electrons. The predicted octanol–water partition coefficient (Wildman–Crippen LogP) is 1.33. The van der Waals surface area contributed by atoms with E-state index in [9.17, 15) is 9.59 Å². The first-order chi connectivity index (χ1) is 11.4. The van der Waals surface area contributed by atoms with Crippen LogP contribution in [0.5, 0.6) is 0 Å². The van der Waals surface area contributed by atoms with Crippen LogP contribution in [0.15, 0.2) is 4.99 Å². The van der Waals surface area contributed by atoms with Crippen molar-refractivity contribution in [2.45, 2.75) is 47.0 Å². The number of carbonyl (C=O) groups is 2. The SMILES string of the molecule is CCNC(=O)C(C)(C)CN=C(NCC)NCCCN1CCCC1=O.I. The first-order valence-corrected chi connectivity index (χ1v) is 8.99. The Kier molecular flexibility index (Phi) is 11.8. The van der Waals surface area contributed by atoms with Crippen molar-refractivity contribution in [2.24, 2.45) is 10.4 Å². The molecule has 0 atom stereocenters. The molecule has 1 aliphatic rings. The van der Waals surface area contributed by atoms with Crippen LogP contribution in [0.3, 0.4) is 0 Å². The van der Waals surface area contributed by atoms with Crippen molar-refractivity contribution in [2.75, 3.05) is 39.3 Å². The number of nitrogens with one attached hydrogen (secondary N) is 3. The predicted molar refractivity (Wildman–Crippen MR) is 112 cm³/mol. The molecule has 25 heavy (non-hydrogen) atoms. The van der Waals surface area contributed by atoms with Gasteiger partial charge in [-0.15, -0.1) is 24.0 Å². The summed E-state index contributed by atoms with van der Waals surface area (Å²) >= 11 is 0. The number of halogens is 1. The Hall–Kier alpha value is -1.06. The Labute approximate surface area is 168 Å². The fraction of sp³-hybridized carbons (Fsp3) is 0.824. The number of aliphatic imine (C=N–C) groups is 1. The van der Waals surface area contributed by atoms with Crippen molar-refractivity contribution in [3.05, 3.63) is 0 Å². The molecule has 1 heterocycles. The van der Waals surface area contributed by atoms with Gasteiger partial charge in [-0.1, -0.05) is 0 Å². The smallest absolute Gasteiger partial charge is 0.227 e. The van der Waals surface area contributed by atoms with Crippen LogP contribution in [0.1, 0.15) is 47.0 Å². The summed E-state index contributed by atoms with van der Waals surface area (Å²) in [6.45, 7) is 11.9. The van der Waals surface area contributed by atoms with Crippen molar-refractivity contribution >= 4 is 41.8 Å². The lowest BCUT2D eigenvalue weighted by atomic mass is 9.92. The number of rotatable bonds is 9. The van der Waals surface area contributed by atoms with Gasteiger partial charge in [0.2, 0.25) is 11.8 Å². The number of carbonyl (C=O) groups excluding carboxylic acids is 2. The molecule has 0 unspecified atom stereocenters. The van der Waals surface area contributed by atoms with E-state index in [1.54, 1.807) is 0 Å². The zero-order valence-electron chi connectivity index (χ0n) is 16.0. The summed E-state index contributed by atoms with van der Waals surface area (Å²) in [5.41, 5.74) is -0.541. The summed E-state index contributed by atoms with van der Waals surface area (Å²) in [6.07, 6.45) is 2.55. The first kappa shape index (κ1) is 23.9. The highest BCUT2D eigenvalue weighted by Crippen LogP contribution is 2.15. The van der Waals surface area contributed by atoms with Crippen LogP contribution in [0.4, 0.5) is 0 Å². The molecule has 1 rings (SSSR count). The molecule has 1 saturated heterocycles. The topological polar surface area (TPSA) is 85.8 Å². The van der Waals surface area contributed by atoms with E-state index in [2.05, 4.69) is 20.9 Å². The largest absolute Gasteiger partial charge is 0.357 e. The lowest BCUT2D eigenvalue weighted by Gasteiger charge is -2.22. The van der Waals surface area contributed by atoms with Crippen LogP contribution >= 0.6 is 24.0 Å². The third-order valence-corrected chi connectivity index (χ3v) is 4.00. The van der Waals surface area contributed by atoms with E-state index >= 15 is 0 Å². The van der Waals surface area contributed by atoms with Crippen LogP contribution in [0.25, 0.3) is 0 Å². The fourth-order valence-corrected chi connectivity index (χ4v) is 2.51. The minimum Gasteiger partial charge on any atom is -0.357 e. The van der Waals surface area contributed by atoms with Crippen LogP contribution in [0, 0.1) is 5.41 Å². The molecule has 0 saturated carbocycles. The molecule has 1 aliphatic heterocycles. The molecule has 0 radical (unpaired) electrons. The standard InChI is InChI=1S/C17H33N5O2.HI/c1-5-18-15(24)17(3,4)13-21-16(19-6-2)20-10-8-12-22-11-7-9-14(22)23;/h5-13H2,1-4H3,(H,18,24)(H2,19,20,21);1H. The minimum atomic E-state index is -0.541. The first-order valence-electron chi connectivity index (χ1n) is 8.99. The molecular weight excluding hydrogens is 433 g/mol. The highest BCUT2D eigenvalue weighted by atomic mass is 127. The summed E-state index contributed by atoms with van der Waals surface area (Å²) in [7, 11) is 0. The molecule has 7 nitrogen and oxygen atoms in total. The maximum atomic E-state index is 12.0. The van der Waals surface area contributed by atoms with E-state index in [-0.39, 0.29) is 35.8 Å². The van der Waals surface area contributed by atoms with Crippen LogP contribution in [-0.4, -0.2) is 61.9 Å². The Morgan fingerprint density at radius 2 is 1.88 bits per heavy atom. The second kappa shape index (κ2) is 12.3. The number of hydrogen-bond donors (Lipinski definition) is 3. The third kappa shape index (κ3) is 8.73. The van der Waals surface area contributed by atoms with Gasteiger partial charge in [-0.2, -0.15) is 0 Å². The molecule has 0 aromatic heterocycles. The van der Waals surface area contributed by atoms with Crippen LogP contribution < -0.4 is 16.0 Å². The quantitative estimate of drug-likeness (QED) is 0.207. The van der Waals surface area contributed by atoms with Crippen molar-refractivity contribution in [3.63, 3.8) is 0 Å². The summed E-state index contributed by atoms with van der Waals surface area (Å²) in [5.74, 6) is 0.985. The zero-order valence-corrected chi connectivity index (χ0v) is 18.3. The van der Waals surface area contributed by atoms with Gasteiger partial charge in [0, 0.05) is 39.1 Å². The molecule has 1 fully saturated rings. The maximum absolute atomic E-state index is 12.0. The lowest BCUT2D eigenvalue weighted by Crippen LogP contribution is -2.42. The molecule has 8 heteroatoms. The van der Waals surface area contributed by atoms with Crippen molar-refractivity contribution in [1.82, 2.24) is 20.9 Å². The van der Waals surface area contributed by atoms with E-state index in [0.717, 1.165) is 39.0 Å². The average molecular weight is 467 g/mol. The monoisotopic (exact) mass is 467 g/mol. The third-order valence-electron chi connectivity index (χ3n) is 4.00. The molecule has 0 aliphatic carbocycles. The molecule has 2 amide bonds. The Balaban J connectivity index is 0.00000576. The molecule has 0 aromatic rings. The van der Waals surface area contributed by atoms with Crippen molar-refractivity contribution in [3.8, 4) is 0 Å². The lowest BCUT2D eigenvalue weighted by molar-refractivity contribution is -0.129. The average Bonchev–Trinajstić information content (AvgIpc) is 2.94. The molecular formula is C17H34IN5O2. The van der Waals surface area contributed by atoms with Gasteiger partial charge >= 0.3 is 0 Å². The molecule has 3 N–H and O–H groups in total. The summed E-state index contributed by atoms with van der Waals surface area (Å²) in [6, 6.07) is 0. The zero-order chi connectivity index (χ0) is 18.0. The number of hydrogen-bond acceptors (Lipinski definition) is 3. The van der Waals surface area contributed by atoms with Gasteiger partial charge < -0.3 is 20.9 Å². The number of amides is 2. The normalized spacial score (nSPS) is 15.0. The van der Waals surface area contributed by atoms with Crippen molar-refractivity contribution < 1.29 is 9.59 Å². The molecule has 0 aromatic carbocycles. The van der Waals surface area contributed by atoms with Gasteiger partial charge in [0.05, 0.1) is 12.0 Å². The second-order valence-electron chi connectivity index (χ2n) is 6.70. The number of likely N-dealkylation sites (tertiary alicyclic amines) is 1. The van der Waals surface area contributed by atoms with Gasteiger partial charge in [-0.05, 0) is 40.5 Å². The second-order valence-corrected chi connectivity index (χ2v) is 6.70. The Morgan fingerprint density at radius 1 is 1.20 bits per heavy atom. The van der Waals surface area contributed by atoms with Gasteiger partial charge in [0.1, 0.15) is 0 Å². The van der Waals surface area contributed by atoms with Crippen LogP contribution in [0.2, 0.25) is 0 Å². The number of nitrogens with zero attached hydrogens (tertiary/aromatic N) is 2. The Morgan fingerprint density at radius 3 is 2.44 bits per heavy atom. The van der Waals surface area contributed by atoms with E-state index in [1.165, 1.54) is 0 Å². The molecule has 0 bridgehead atoms. The van der Waals surface area contributed by atoms with E-state index < -0.39 is 5.41 Å². The minimum absolute atomic E-state index is 0. The molecule has 0 spiro atoms. The van der Waals surface area contributed by atoms with Gasteiger partial charge in [-0.3, -0.25) is 14.6 Å². The Bertz CT molecular complexity index is 454. The van der Waals surface area contributed by atoms with E-state index in [1.807, 2.05) is 32.6 Å². The fourth-order valence-electron chi connectivity index (χ4n) is 2.51. The van der Waals surface area contributed by atoms with Crippen molar-refractivity contribution in [1.29, 1.82) is 0 Å². The van der Waals surface area contributed by atoms with E-state index in [4.69, 9.17) is 0 Å². The summed E-state index contributed by atoms with van der Waals surface area (Å²) < 4.78 is 0. The van der Waals surface area contributed by atoms with E-state index in [0.29, 0.717) is 25.5 Å².